The zero-order valence-corrected chi connectivity index (χ0v) is 19.8. The molecule has 0 amide bonds. The van der Waals surface area contributed by atoms with Crippen molar-refractivity contribution in [2.75, 3.05) is 52.9 Å². The van der Waals surface area contributed by atoms with Gasteiger partial charge in [0.25, 0.3) is 0 Å². The Morgan fingerprint density at radius 1 is 0.800 bits per heavy atom. The first-order chi connectivity index (χ1) is 14.1. The third-order valence-corrected chi connectivity index (χ3v) is 9.55. The van der Waals surface area contributed by atoms with Crippen LogP contribution in [0.3, 0.4) is 0 Å². The normalized spacial score (nSPS) is 12.4. The molecule has 1 rings (SSSR count). The van der Waals surface area contributed by atoms with Gasteiger partial charge in [-0.1, -0.05) is 20.8 Å². The van der Waals surface area contributed by atoms with Crippen molar-refractivity contribution in [2.45, 2.75) is 45.5 Å². The number of ether oxygens (including phenoxy) is 4. The number of benzene rings is 1. The number of halogens is 2. The van der Waals surface area contributed by atoms with E-state index in [2.05, 4.69) is 33.9 Å². The van der Waals surface area contributed by atoms with Gasteiger partial charge < -0.3 is 28.5 Å². The molecule has 9 heteroatoms. The predicted octanol–water partition coefficient (Wildman–Crippen LogP) is 3.91. The molecular weight excluding hydrogens is 414 g/mol. The lowest BCUT2D eigenvalue weighted by Gasteiger charge is -2.36. The Balaban J connectivity index is 1.97. The summed E-state index contributed by atoms with van der Waals surface area (Å²) >= 11 is 0. The summed E-state index contributed by atoms with van der Waals surface area (Å²) in [5.41, 5.74) is -0.372. The van der Waals surface area contributed by atoms with Crippen LogP contribution in [0.4, 0.5) is 8.78 Å². The molecule has 0 heterocycles. The number of aliphatic hydroxyl groups excluding tert-OH is 1. The van der Waals surface area contributed by atoms with Gasteiger partial charge in [0.2, 0.25) is 0 Å². The van der Waals surface area contributed by atoms with E-state index < -0.39 is 26.6 Å². The number of aliphatic hydroxyl groups is 1. The Labute approximate surface area is 179 Å². The average Bonchev–Trinajstić information content (AvgIpc) is 2.64. The Morgan fingerprint density at radius 2 is 1.23 bits per heavy atom. The van der Waals surface area contributed by atoms with Crippen LogP contribution in [0.5, 0.6) is 5.75 Å². The summed E-state index contributed by atoms with van der Waals surface area (Å²) in [4.78, 5) is 0. The van der Waals surface area contributed by atoms with E-state index in [1.54, 1.807) is 0 Å². The summed E-state index contributed by atoms with van der Waals surface area (Å²) in [5.74, 6) is -1.62. The fraction of sp³-hybridized carbons (Fsp3) is 0.714. The highest BCUT2D eigenvalue weighted by atomic mass is 28.4. The maximum Gasteiger partial charge on any atom is 0.192 e. The molecule has 0 bridgehead atoms. The van der Waals surface area contributed by atoms with Crippen molar-refractivity contribution in [1.82, 2.24) is 0 Å². The maximum absolute atomic E-state index is 13.5. The molecule has 0 spiro atoms. The highest BCUT2D eigenvalue weighted by molar-refractivity contribution is 6.74. The molecule has 0 aromatic heterocycles. The highest BCUT2D eigenvalue weighted by Gasteiger charge is 2.36. The minimum Gasteiger partial charge on any atom is -0.491 e. The minimum absolute atomic E-state index is 0.0525. The van der Waals surface area contributed by atoms with Gasteiger partial charge in [-0.15, -0.1) is 0 Å². The second-order valence-corrected chi connectivity index (χ2v) is 13.1. The summed E-state index contributed by atoms with van der Waals surface area (Å²) in [6, 6.07) is 2.07. The van der Waals surface area contributed by atoms with Crippen LogP contribution in [-0.4, -0.2) is 66.3 Å². The second-order valence-electron chi connectivity index (χ2n) is 8.32. The number of hydrogen-bond acceptors (Lipinski definition) is 6. The molecule has 0 aliphatic heterocycles. The van der Waals surface area contributed by atoms with Crippen molar-refractivity contribution in [3.63, 3.8) is 0 Å². The summed E-state index contributed by atoms with van der Waals surface area (Å²) in [7, 11) is -1.72. The molecule has 0 saturated carbocycles. The lowest BCUT2D eigenvalue weighted by Crippen LogP contribution is -2.41. The van der Waals surface area contributed by atoms with Crippen LogP contribution in [-0.2, 0) is 25.2 Å². The molecular formula is C21H36F2O6Si. The van der Waals surface area contributed by atoms with Crippen LogP contribution >= 0.6 is 0 Å². The topological polar surface area (TPSA) is 66.4 Å². The molecule has 0 aliphatic rings. The van der Waals surface area contributed by atoms with Gasteiger partial charge in [-0.25, -0.2) is 8.78 Å². The van der Waals surface area contributed by atoms with Crippen molar-refractivity contribution in [1.29, 1.82) is 0 Å². The molecule has 0 aliphatic carbocycles. The van der Waals surface area contributed by atoms with E-state index in [0.717, 1.165) is 12.1 Å². The lowest BCUT2D eigenvalue weighted by atomic mass is 10.2. The summed E-state index contributed by atoms with van der Waals surface area (Å²) in [5, 5.41) is 9.06. The summed E-state index contributed by atoms with van der Waals surface area (Å²) in [6.45, 7) is 13.6. The standard InChI is InChI=1S/C21H36F2O6Si/c1-21(2,3)30(4,5)29-13-11-27-9-7-25-6-8-26-10-12-28-17-14-19(22)18(16-24)20(23)15-17/h14-15,24H,6-13,16H2,1-5H3. The van der Waals surface area contributed by atoms with E-state index in [0.29, 0.717) is 39.6 Å². The minimum atomic E-state index is -1.72. The SMILES string of the molecule is CC(C)(C)[Si](C)(C)OCCOCCOCCOCCOc1cc(F)c(CO)c(F)c1. The van der Waals surface area contributed by atoms with Crippen molar-refractivity contribution >= 4 is 8.32 Å². The van der Waals surface area contributed by atoms with Crippen molar-refractivity contribution in [2.24, 2.45) is 0 Å². The van der Waals surface area contributed by atoms with Gasteiger partial charge in [0.1, 0.15) is 24.0 Å². The van der Waals surface area contributed by atoms with E-state index in [1.807, 2.05) is 0 Å². The molecule has 0 radical (unpaired) electrons. The summed E-state index contributed by atoms with van der Waals surface area (Å²) < 4.78 is 54.5. The van der Waals surface area contributed by atoms with Crippen molar-refractivity contribution < 1.29 is 37.3 Å². The van der Waals surface area contributed by atoms with Crippen LogP contribution in [0, 0.1) is 11.6 Å². The first-order valence-corrected chi connectivity index (χ1v) is 13.1. The van der Waals surface area contributed by atoms with Gasteiger partial charge >= 0.3 is 0 Å². The molecule has 1 N–H and O–H groups in total. The van der Waals surface area contributed by atoms with Crippen LogP contribution in [0.25, 0.3) is 0 Å². The average molecular weight is 451 g/mol. The Kier molecular flexibility index (Phi) is 12.0. The predicted molar refractivity (Wildman–Crippen MR) is 113 cm³/mol. The Hall–Kier alpha value is -1.10. The van der Waals surface area contributed by atoms with E-state index in [1.165, 1.54) is 0 Å². The van der Waals surface area contributed by atoms with Gasteiger partial charge in [0, 0.05) is 17.7 Å². The number of rotatable bonds is 15. The third kappa shape index (κ3) is 9.80. The molecule has 1 aromatic rings. The van der Waals surface area contributed by atoms with Gasteiger partial charge in [0.15, 0.2) is 8.32 Å². The molecule has 0 fully saturated rings. The lowest BCUT2D eigenvalue weighted by molar-refractivity contribution is 0.00428. The Morgan fingerprint density at radius 3 is 1.67 bits per heavy atom. The van der Waals surface area contributed by atoms with E-state index >= 15 is 0 Å². The van der Waals surface area contributed by atoms with Crippen LogP contribution < -0.4 is 4.74 Å². The quantitative estimate of drug-likeness (QED) is 0.323. The molecule has 0 unspecified atom stereocenters. The molecule has 6 nitrogen and oxygen atoms in total. The van der Waals surface area contributed by atoms with Gasteiger partial charge in [-0.2, -0.15) is 0 Å². The first-order valence-electron chi connectivity index (χ1n) is 10.2. The first kappa shape index (κ1) is 26.9. The Bertz CT molecular complexity index is 599. The summed E-state index contributed by atoms with van der Waals surface area (Å²) in [6.07, 6.45) is 0. The molecule has 1 aromatic carbocycles. The van der Waals surface area contributed by atoms with Gasteiger partial charge in [0.05, 0.1) is 52.9 Å². The van der Waals surface area contributed by atoms with E-state index in [4.69, 9.17) is 28.5 Å². The van der Waals surface area contributed by atoms with Gasteiger partial charge in [-0.3, -0.25) is 0 Å². The maximum atomic E-state index is 13.5. The largest absolute Gasteiger partial charge is 0.491 e. The highest BCUT2D eigenvalue weighted by Crippen LogP contribution is 2.36. The van der Waals surface area contributed by atoms with Crippen LogP contribution in [0.15, 0.2) is 12.1 Å². The van der Waals surface area contributed by atoms with Crippen molar-refractivity contribution in [3.05, 3.63) is 29.3 Å². The smallest absolute Gasteiger partial charge is 0.192 e. The van der Waals surface area contributed by atoms with Crippen molar-refractivity contribution in [3.8, 4) is 5.75 Å². The zero-order valence-electron chi connectivity index (χ0n) is 18.8. The van der Waals surface area contributed by atoms with Gasteiger partial charge in [-0.05, 0) is 18.1 Å². The fourth-order valence-electron chi connectivity index (χ4n) is 2.15. The van der Waals surface area contributed by atoms with Crippen LogP contribution in [0.2, 0.25) is 18.1 Å². The van der Waals surface area contributed by atoms with Crippen LogP contribution in [0.1, 0.15) is 26.3 Å². The third-order valence-electron chi connectivity index (χ3n) is 5.01. The monoisotopic (exact) mass is 450 g/mol. The fourth-order valence-corrected chi connectivity index (χ4v) is 3.17. The zero-order chi connectivity index (χ0) is 22.6. The molecule has 0 saturated heterocycles. The van der Waals surface area contributed by atoms with E-state index in [-0.39, 0.29) is 29.6 Å². The number of hydrogen-bond donors (Lipinski definition) is 1. The molecule has 174 valence electrons. The molecule has 30 heavy (non-hydrogen) atoms. The molecule has 0 atom stereocenters. The van der Waals surface area contributed by atoms with E-state index in [9.17, 15) is 8.78 Å². The second kappa shape index (κ2) is 13.3.